The molecule has 5 N–H and O–H groups in total. The molecular formula is C36H42O12. The third-order valence-corrected chi connectivity index (χ3v) is 7.98. The van der Waals surface area contributed by atoms with Crippen LogP contribution in [-0.4, -0.2) is 94.9 Å². The number of ether oxygens (including phenoxy) is 5. The van der Waals surface area contributed by atoms with E-state index in [4.69, 9.17) is 23.7 Å². The highest BCUT2D eigenvalue weighted by Gasteiger charge is 2.45. The van der Waals surface area contributed by atoms with Gasteiger partial charge in [-0.15, -0.1) is 0 Å². The van der Waals surface area contributed by atoms with Crippen LogP contribution < -0.4 is 9.47 Å². The number of methoxy groups -OCH3 is 2. The Labute approximate surface area is 278 Å². The minimum absolute atomic E-state index is 0.0258. The molecule has 258 valence electrons. The zero-order chi connectivity index (χ0) is 34.6. The van der Waals surface area contributed by atoms with Gasteiger partial charge in [-0.3, -0.25) is 4.79 Å². The smallest absolute Gasteiger partial charge is 0.330 e. The van der Waals surface area contributed by atoms with Crippen molar-refractivity contribution in [3.8, 4) is 23.0 Å². The second-order valence-corrected chi connectivity index (χ2v) is 11.5. The van der Waals surface area contributed by atoms with Crippen molar-refractivity contribution in [2.45, 2.75) is 68.9 Å². The predicted molar refractivity (Wildman–Crippen MR) is 174 cm³/mol. The summed E-state index contributed by atoms with van der Waals surface area (Å²) in [6.07, 6.45) is -4.24. The number of esters is 1. The van der Waals surface area contributed by atoms with Crippen LogP contribution in [0.2, 0.25) is 0 Å². The predicted octanol–water partition coefficient (Wildman–Crippen LogP) is 3.09. The highest BCUT2D eigenvalue weighted by Crippen LogP contribution is 2.29. The molecule has 0 aliphatic carbocycles. The standard InChI is InChI=1S/C36H42O12/c1-44-29-17-9-24(19-30(29)45-2)10-18-32(40)46-21-31-33(41)34(42)35(43)36(48-31)47-28(16-8-23-5-13-26(38)14-6-23)20-27(39)15-7-22-3-11-25(37)12-4-22/h3-6,9-14,17-19,28,31,33-38,41-43H,7-8,15-16,20-21H2,1-2H3/t28-,31+,33+,34-,35+,36+/m0/s1. The number of ketones is 1. The fourth-order valence-corrected chi connectivity index (χ4v) is 5.20. The van der Waals surface area contributed by atoms with E-state index in [1.54, 1.807) is 66.7 Å². The van der Waals surface area contributed by atoms with Crippen molar-refractivity contribution in [1.82, 2.24) is 0 Å². The molecule has 3 aromatic carbocycles. The second kappa shape index (κ2) is 17.6. The summed E-state index contributed by atoms with van der Waals surface area (Å²) in [4.78, 5) is 25.5. The number of rotatable bonds is 16. The van der Waals surface area contributed by atoms with Crippen molar-refractivity contribution < 1.29 is 58.8 Å². The van der Waals surface area contributed by atoms with Gasteiger partial charge in [0.1, 0.15) is 48.3 Å². The van der Waals surface area contributed by atoms with E-state index in [2.05, 4.69) is 0 Å². The summed E-state index contributed by atoms with van der Waals surface area (Å²) < 4.78 is 27.6. The molecule has 6 atom stereocenters. The SMILES string of the molecule is COc1ccc(C=CC(=O)OC[C@H]2O[C@@H](O[C@@H](CCc3ccc(O)cc3)CC(=O)CCc3ccc(O)cc3)[C@H](O)[C@@H](O)[C@@H]2O)cc1OC. The lowest BCUT2D eigenvalue weighted by atomic mass is 9.98. The van der Waals surface area contributed by atoms with Crippen molar-refractivity contribution in [3.05, 3.63) is 89.5 Å². The van der Waals surface area contributed by atoms with Crippen molar-refractivity contribution in [3.63, 3.8) is 0 Å². The van der Waals surface area contributed by atoms with Crippen LogP contribution in [0.25, 0.3) is 6.08 Å². The highest BCUT2D eigenvalue weighted by molar-refractivity contribution is 5.87. The first-order chi connectivity index (χ1) is 23.1. The molecule has 48 heavy (non-hydrogen) atoms. The maximum Gasteiger partial charge on any atom is 0.330 e. The van der Waals surface area contributed by atoms with E-state index >= 15 is 0 Å². The molecule has 0 amide bonds. The fourth-order valence-electron chi connectivity index (χ4n) is 5.20. The van der Waals surface area contributed by atoms with Gasteiger partial charge in [0, 0.05) is 18.9 Å². The van der Waals surface area contributed by atoms with Crippen LogP contribution in [0, 0.1) is 0 Å². The van der Waals surface area contributed by atoms with Gasteiger partial charge in [0.15, 0.2) is 17.8 Å². The second-order valence-electron chi connectivity index (χ2n) is 11.5. The average molecular weight is 667 g/mol. The Bertz CT molecular complexity index is 1500. The van der Waals surface area contributed by atoms with Crippen molar-refractivity contribution in [1.29, 1.82) is 0 Å². The third-order valence-electron chi connectivity index (χ3n) is 7.98. The number of Topliss-reactive ketones (excluding diaryl/α,β-unsaturated/α-hetero) is 1. The Kier molecular flexibility index (Phi) is 13.4. The first kappa shape index (κ1) is 36.4. The number of aliphatic hydroxyl groups excluding tert-OH is 3. The number of hydrogen-bond acceptors (Lipinski definition) is 12. The molecule has 1 saturated heterocycles. The Hall–Kier alpha value is -4.46. The first-order valence-electron chi connectivity index (χ1n) is 15.6. The largest absolute Gasteiger partial charge is 0.508 e. The van der Waals surface area contributed by atoms with Gasteiger partial charge in [0.05, 0.1) is 20.3 Å². The first-order valence-corrected chi connectivity index (χ1v) is 15.6. The van der Waals surface area contributed by atoms with E-state index in [0.717, 1.165) is 11.1 Å². The lowest BCUT2D eigenvalue weighted by Gasteiger charge is -2.41. The Morgan fingerprint density at radius 1 is 0.812 bits per heavy atom. The molecular weight excluding hydrogens is 624 g/mol. The van der Waals surface area contributed by atoms with Gasteiger partial charge >= 0.3 is 5.97 Å². The number of carbonyl (C=O) groups is 2. The van der Waals surface area contributed by atoms with E-state index in [-0.39, 0.29) is 30.1 Å². The van der Waals surface area contributed by atoms with Crippen molar-refractivity contribution in [2.24, 2.45) is 0 Å². The molecule has 0 spiro atoms. The Morgan fingerprint density at radius 3 is 2.06 bits per heavy atom. The maximum absolute atomic E-state index is 13.0. The van der Waals surface area contributed by atoms with Gasteiger partial charge in [-0.2, -0.15) is 0 Å². The van der Waals surface area contributed by atoms with E-state index in [9.17, 15) is 35.1 Å². The molecule has 3 aromatic rings. The molecule has 0 unspecified atom stereocenters. The number of phenolic OH excluding ortho intramolecular Hbond substituents is 2. The number of carbonyl (C=O) groups excluding carboxylic acids is 2. The summed E-state index contributed by atoms with van der Waals surface area (Å²) >= 11 is 0. The lowest BCUT2D eigenvalue weighted by molar-refractivity contribution is -0.311. The van der Waals surface area contributed by atoms with E-state index in [1.807, 2.05) is 0 Å². The molecule has 1 aliphatic heterocycles. The van der Waals surface area contributed by atoms with Crippen molar-refractivity contribution >= 4 is 17.8 Å². The number of hydrogen-bond donors (Lipinski definition) is 5. The zero-order valence-corrected chi connectivity index (χ0v) is 26.8. The Morgan fingerprint density at radius 2 is 1.44 bits per heavy atom. The molecule has 1 fully saturated rings. The van der Waals surface area contributed by atoms with Crippen LogP contribution in [0.5, 0.6) is 23.0 Å². The topological polar surface area (TPSA) is 181 Å². The lowest BCUT2D eigenvalue weighted by Crippen LogP contribution is -2.60. The average Bonchev–Trinajstić information content (AvgIpc) is 3.09. The summed E-state index contributed by atoms with van der Waals surface area (Å²) in [6.45, 7) is -0.455. The summed E-state index contributed by atoms with van der Waals surface area (Å²) in [5, 5.41) is 51.1. The van der Waals surface area contributed by atoms with Gasteiger partial charge < -0.3 is 49.2 Å². The van der Waals surface area contributed by atoms with E-state index < -0.39 is 49.4 Å². The number of aryl methyl sites for hydroxylation is 2. The van der Waals surface area contributed by atoms with Gasteiger partial charge in [-0.1, -0.05) is 30.3 Å². The molecule has 4 rings (SSSR count). The van der Waals surface area contributed by atoms with E-state index in [1.165, 1.54) is 26.4 Å². The molecule has 0 saturated carbocycles. The van der Waals surface area contributed by atoms with Crippen LogP contribution in [0.3, 0.4) is 0 Å². The minimum atomic E-state index is -1.68. The molecule has 0 aromatic heterocycles. The van der Waals surface area contributed by atoms with Crippen molar-refractivity contribution in [2.75, 3.05) is 20.8 Å². The highest BCUT2D eigenvalue weighted by atomic mass is 16.7. The maximum atomic E-state index is 13.0. The van der Waals surface area contributed by atoms with Crippen LogP contribution in [0.15, 0.2) is 72.8 Å². The number of aromatic hydroxyl groups is 2. The van der Waals surface area contributed by atoms with Gasteiger partial charge in [-0.25, -0.2) is 4.79 Å². The molecule has 12 nitrogen and oxygen atoms in total. The van der Waals surface area contributed by atoms with Crippen LogP contribution in [0.4, 0.5) is 0 Å². The molecule has 12 heteroatoms. The normalized spacial score (nSPS) is 21.5. The van der Waals surface area contributed by atoms with Crippen LogP contribution in [-0.2, 0) is 36.6 Å². The van der Waals surface area contributed by atoms with Gasteiger partial charge in [-0.05, 0) is 78.4 Å². The molecule has 0 radical (unpaired) electrons. The number of benzene rings is 3. The fraction of sp³-hybridized carbons (Fsp3) is 0.389. The monoisotopic (exact) mass is 666 g/mol. The van der Waals surface area contributed by atoms with Crippen LogP contribution >= 0.6 is 0 Å². The molecule has 1 heterocycles. The van der Waals surface area contributed by atoms with Gasteiger partial charge in [0.2, 0.25) is 0 Å². The Balaban J connectivity index is 1.38. The minimum Gasteiger partial charge on any atom is -0.508 e. The summed E-state index contributed by atoms with van der Waals surface area (Å²) in [7, 11) is 3.00. The number of phenols is 2. The summed E-state index contributed by atoms with van der Waals surface area (Å²) in [6, 6.07) is 18.2. The van der Waals surface area contributed by atoms with Crippen LogP contribution in [0.1, 0.15) is 36.0 Å². The van der Waals surface area contributed by atoms with E-state index in [0.29, 0.717) is 36.3 Å². The summed E-state index contributed by atoms with van der Waals surface area (Å²) in [5.74, 6) is 0.390. The number of aliphatic hydroxyl groups is 3. The summed E-state index contributed by atoms with van der Waals surface area (Å²) in [5.41, 5.74) is 2.40. The zero-order valence-electron chi connectivity index (χ0n) is 26.8. The van der Waals surface area contributed by atoms with Gasteiger partial charge in [0.25, 0.3) is 0 Å². The molecule has 1 aliphatic rings. The third kappa shape index (κ3) is 10.5. The molecule has 0 bridgehead atoms. The quantitative estimate of drug-likeness (QED) is 0.112.